The van der Waals surface area contributed by atoms with Gasteiger partial charge in [-0.2, -0.15) is 0 Å². The number of rotatable bonds is 4. The van der Waals surface area contributed by atoms with E-state index >= 15 is 0 Å². The maximum atomic E-state index is 10.5. The van der Waals surface area contributed by atoms with Gasteiger partial charge in [0.25, 0.3) is 0 Å². The Morgan fingerprint density at radius 1 is 1.57 bits per heavy atom. The fourth-order valence-electron chi connectivity index (χ4n) is 2.15. The van der Waals surface area contributed by atoms with Crippen LogP contribution in [0.4, 0.5) is 0 Å². The standard InChI is InChI=1S/C10H20N2O2/c1-11(2)6-9-4-3-5-12(7-9)8-10(13)14/h9H,3-8H2,1-2H3,(H,13,14)/t9-/m0/s1. The van der Waals surface area contributed by atoms with Crippen molar-refractivity contribution in [2.24, 2.45) is 5.92 Å². The molecule has 0 radical (unpaired) electrons. The topological polar surface area (TPSA) is 43.8 Å². The molecule has 1 fully saturated rings. The molecule has 0 bridgehead atoms. The van der Waals surface area contributed by atoms with Crippen LogP contribution in [-0.4, -0.2) is 61.2 Å². The van der Waals surface area contributed by atoms with E-state index < -0.39 is 5.97 Å². The van der Waals surface area contributed by atoms with Gasteiger partial charge in [0, 0.05) is 13.1 Å². The Morgan fingerprint density at radius 3 is 2.86 bits per heavy atom. The lowest BCUT2D eigenvalue weighted by Crippen LogP contribution is -2.41. The summed E-state index contributed by atoms with van der Waals surface area (Å²) < 4.78 is 0. The first-order valence-electron chi connectivity index (χ1n) is 5.17. The van der Waals surface area contributed by atoms with Crippen molar-refractivity contribution < 1.29 is 9.90 Å². The zero-order valence-corrected chi connectivity index (χ0v) is 9.07. The average Bonchev–Trinajstić information content (AvgIpc) is 2.01. The van der Waals surface area contributed by atoms with Crippen molar-refractivity contribution in [2.75, 3.05) is 40.3 Å². The third kappa shape index (κ3) is 4.07. The maximum absolute atomic E-state index is 10.5. The van der Waals surface area contributed by atoms with Crippen molar-refractivity contribution in [3.05, 3.63) is 0 Å². The van der Waals surface area contributed by atoms with Gasteiger partial charge < -0.3 is 10.0 Å². The van der Waals surface area contributed by atoms with Crippen LogP contribution in [0, 0.1) is 5.92 Å². The fraction of sp³-hybridized carbons (Fsp3) is 0.900. The number of nitrogens with zero attached hydrogens (tertiary/aromatic N) is 2. The minimum Gasteiger partial charge on any atom is -0.480 e. The number of aliphatic carboxylic acids is 1. The number of carboxylic acid groups (broad SMARTS) is 1. The molecule has 0 aliphatic carbocycles. The summed E-state index contributed by atoms with van der Waals surface area (Å²) in [6.45, 7) is 3.14. The van der Waals surface area contributed by atoms with Crippen LogP contribution in [0.3, 0.4) is 0 Å². The Kier molecular flexibility index (Phi) is 4.35. The maximum Gasteiger partial charge on any atom is 0.317 e. The molecule has 4 heteroatoms. The number of carboxylic acids is 1. The largest absolute Gasteiger partial charge is 0.480 e. The molecular formula is C10H20N2O2. The van der Waals surface area contributed by atoms with E-state index in [0.717, 1.165) is 26.1 Å². The van der Waals surface area contributed by atoms with Crippen LogP contribution >= 0.6 is 0 Å². The number of likely N-dealkylation sites (tertiary alicyclic amines) is 1. The van der Waals surface area contributed by atoms with Crippen molar-refractivity contribution in [3.63, 3.8) is 0 Å². The van der Waals surface area contributed by atoms with Crippen LogP contribution in [-0.2, 0) is 4.79 Å². The van der Waals surface area contributed by atoms with Gasteiger partial charge in [-0.3, -0.25) is 9.69 Å². The highest BCUT2D eigenvalue weighted by Crippen LogP contribution is 2.16. The van der Waals surface area contributed by atoms with Gasteiger partial charge in [0.1, 0.15) is 0 Å². The highest BCUT2D eigenvalue weighted by molar-refractivity contribution is 5.69. The third-order valence-corrected chi connectivity index (χ3v) is 2.59. The van der Waals surface area contributed by atoms with Gasteiger partial charge in [-0.25, -0.2) is 0 Å². The minimum absolute atomic E-state index is 0.198. The van der Waals surface area contributed by atoms with E-state index in [1.807, 2.05) is 4.90 Å². The molecule has 1 aliphatic rings. The van der Waals surface area contributed by atoms with Crippen LogP contribution in [0.2, 0.25) is 0 Å². The summed E-state index contributed by atoms with van der Waals surface area (Å²) in [6, 6.07) is 0. The molecule has 0 aromatic carbocycles. The molecule has 4 nitrogen and oxygen atoms in total. The van der Waals surface area contributed by atoms with Crippen LogP contribution in [0.5, 0.6) is 0 Å². The molecule has 1 heterocycles. The second-order valence-electron chi connectivity index (χ2n) is 4.40. The van der Waals surface area contributed by atoms with Crippen LogP contribution in [0.25, 0.3) is 0 Å². The van der Waals surface area contributed by atoms with E-state index in [2.05, 4.69) is 19.0 Å². The van der Waals surface area contributed by atoms with Gasteiger partial charge in [0.2, 0.25) is 0 Å². The van der Waals surface area contributed by atoms with E-state index in [1.165, 1.54) is 6.42 Å². The number of carbonyl (C=O) groups is 1. The normalized spacial score (nSPS) is 24.1. The molecule has 1 saturated heterocycles. The van der Waals surface area contributed by atoms with Crippen molar-refractivity contribution in [1.82, 2.24) is 9.80 Å². The molecule has 0 aromatic rings. The molecular weight excluding hydrogens is 180 g/mol. The number of hydrogen-bond acceptors (Lipinski definition) is 3. The van der Waals surface area contributed by atoms with Gasteiger partial charge >= 0.3 is 5.97 Å². The predicted octanol–water partition coefficient (Wildman–Crippen LogP) is 0.345. The lowest BCUT2D eigenvalue weighted by molar-refractivity contribution is -0.138. The second kappa shape index (κ2) is 5.32. The van der Waals surface area contributed by atoms with Crippen molar-refractivity contribution >= 4 is 5.97 Å². The van der Waals surface area contributed by atoms with E-state index in [9.17, 15) is 4.79 Å². The first kappa shape index (κ1) is 11.5. The van der Waals surface area contributed by atoms with Crippen molar-refractivity contribution in [3.8, 4) is 0 Å². The number of hydrogen-bond donors (Lipinski definition) is 1. The molecule has 0 spiro atoms. The van der Waals surface area contributed by atoms with E-state index in [0.29, 0.717) is 5.92 Å². The van der Waals surface area contributed by atoms with Gasteiger partial charge in [-0.1, -0.05) is 0 Å². The average molecular weight is 200 g/mol. The molecule has 0 saturated carbocycles. The van der Waals surface area contributed by atoms with Crippen LogP contribution in [0.1, 0.15) is 12.8 Å². The molecule has 1 N–H and O–H groups in total. The predicted molar refractivity (Wildman–Crippen MR) is 55.4 cm³/mol. The highest BCUT2D eigenvalue weighted by atomic mass is 16.4. The summed E-state index contributed by atoms with van der Waals surface area (Å²) in [5.74, 6) is -0.0754. The summed E-state index contributed by atoms with van der Waals surface area (Å²) >= 11 is 0. The van der Waals surface area contributed by atoms with Crippen LogP contribution in [0.15, 0.2) is 0 Å². The zero-order valence-electron chi connectivity index (χ0n) is 9.07. The minimum atomic E-state index is -0.712. The Labute approximate surface area is 85.5 Å². The van der Waals surface area contributed by atoms with Gasteiger partial charge in [-0.05, 0) is 39.4 Å². The molecule has 0 amide bonds. The zero-order chi connectivity index (χ0) is 10.6. The molecule has 0 aromatic heterocycles. The first-order chi connectivity index (χ1) is 6.58. The second-order valence-corrected chi connectivity index (χ2v) is 4.40. The monoisotopic (exact) mass is 200 g/mol. The van der Waals surface area contributed by atoms with E-state index in [1.54, 1.807) is 0 Å². The first-order valence-corrected chi connectivity index (χ1v) is 5.17. The Morgan fingerprint density at radius 2 is 2.29 bits per heavy atom. The quantitative estimate of drug-likeness (QED) is 0.711. The Bertz CT molecular complexity index is 195. The molecule has 1 aliphatic heterocycles. The van der Waals surface area contributed by atoms with Gasteiger partial charge in [0.05, 0.1) is 6.54 Å². The van der Waals surface area contributed by atoms with Crippen molar-refractivity contribution in [2.45, 2.75) is 12.8 Å². The lowest BCUT2D eigenvalue weighted by Gasteiger charge is -2.32. The smallest absolute Gasteiger partial charge is 0.317 e. The molecule has 1 rings (SSSR count). The number of piperidine rings is 1. The van der Waals surface area contributed by atoms with E-state index in [4.69, 9.17) is 5.11 Å². The summed E-state index contributed by atoms with van der Waals surface area (Å²) in [4.78, 5) is 14.8. The summed E-state index contributed by atoms with van der Waals surface area (Å²) in [7, 11) is 4.13. The molecule has 82 valence electrons. The Balaban J connectivity index is 2.32. The summed E-state index contributed by atoms with van der Waals surface area (Å²) in [6.07, 6.45) is 2.36. The SMILES string of the molecule is CN(C)C[C@@H]1CCCN(CC(=O)O)C1. The highest BCUT2D eigenvalue weighted by Gasteiger charge is 2.21. The molecule has 1 atom stereocenters. The van der Waals surface area contributed by atoms with Gasteiger partial charge in [0.15, 0.2) is 0 Å². The lowest BCUT2D eigenvalue weighted by atomic mass is 9.98. The Hall–Kier alpha value is -0.610. The molecule has 0 unspecified atom stereocenters. The van der Waals surface area contributed by atoms with Crippen LogP contribution < -0.4 is 0 Å². The van der Waals surface area contributed by atoms with Crippen molar-refractivity contribution in [1.29, 1.82) is 0 Å². The summed E-state index contributed by atoms with van der Waals surface area (Å²) in [5, 5.41) is 8.68. The van der Waals surface area contributed by atoms with E-state index in [-0.39, 0.29) is 6.54 Å². The van der Waals surface area contributed by atoms with Gasteiger partial charge in [-0.15, -0.1) is 0 Å². The third-order valence-electron chi connectivity index (χ3n) is 2.59. The molecule has 14 heavy (non-hydrogen) atoms. The fourth-order valence-corrected chi connectivity index (χ4v) is 2.15. The summed E-state index contributed by atoms with van der Waals surface area (Å²) in [5.41, 5.74) is 0.